The summed E-state index contributed by atoms with van der Waals surface area (Å²) in [7, 11) is 0. The van der Waals surface area contributed by atoms with Crippen LogP contribution in [0.25, 0.3) is 0 Å². The van der Waals surface area contributed by atoms with Crippen molar-refractivity contribution in [2.75, 3.05) is 0 Å². The van der Waals surface area contributed by atoms with Crippen LogP contribution in [-0.2, 0) is 18.5 Å². The molecule has 0 saturated heterocycles. The molecule has 4 rings (SSSR count). The number of nitrogens with one attached hydrogen (secondary N) is 1. The number of benzene rings is 2. The van der Waals surface area contributed by atoms with E-state index >= 15 is 0 Å². The summed E-state index contributed by atoms with van der Waals surface area (Å²) in [6, 6.07) is 19.4. The summed E-state index contributed by atoms with van der Waals surface area (Å²) in [5.74, 6) is -1.14. The average Bonchev–Trinajstić information content (AvgIpc) is 3.08. The first-order valence-corrected chi connectivity index (χ1v) is 11.8. The number of aromatic nitrogens is 1. The second kappa shape index (κ2) is 12.6. The lowest BCUT2D eigenvalue weighted by molar-refractivity contribution is -0.0883. The van der Waals surface area contributed by atoms with Crippen molar-refractivity contribution in [1.29, 1.82) is 0 Å². The third-order valence-electron chi connectivity index (χ3n) is 5.86. The molecule has 1 N–H and O–H groups in total. The van der Waals surface area contributed by atoms with Gasteiger partial charge in [-0.3, -0.25) is 4.98 Å². The second-order valence-corrected chi connectivity index (χ2v) is 9.07. The summed E-state index contributed by atoms with van der Waals surface area (Å²) < 4.78 is 63.2. The SMILES string of the molecule is CC(Cc1ccccc1)(NCc1cc(F)cc(F)c1)c1ccccn1.CC1=CC=CC(C(F)(F)F)=CC1. The van der Waals surface area contributed by atoms with Gasteiger partial charge in [0, 0.05) is 18.8 Å². The largest absolute Gasteiger partial charge is 0.416 e. The maximum Gasteiger partial charge on any atom is 0.416 e. The van der Waals surface area contributed by atoms with Gasteiger partial charge in [0.25, 0.3) is 0 Å². The van der Waals surface area contributed by atoms with Crippen molar-refractivity contribution < 1.29 is 22.0 Å². The van der Waals surface area contributed by atoms with Gasteiger partial charge >= 0.3 is 6.18 Å². The molecular formula is C30H29F5N2. The van der Waals surface area contributed by atoms with E-state index in [-0.39, 0.29) is 0 Å². The van der Waals surface area contributed by atoms with Gasteiger partial charge in [-0.2, -0.15) is 13.2 Å². The molecule has 1 aromatic heterocycles. The quantitative estimate of drug-likeness (QED) is 0.339. The highest BCUT2D eigenvalue weighted by atomic mass is 19.4. The first kappa shape index (κ1) is 28.0. The first-order chi connectivity index (χ1) is 17.5. The van der Waals surface area contributed by atoms with E-state index < -0.39 is 28.9 Å². The molecule has 1 aliphatic carbocycles. The van der Waals surface area contributed by atoms with Crippen molar-refractivity contribution in [3.05, 3.63) is 137 Å². The van der Waals surface area contributed by atoms with Gasteiger partial charge in [0.1, 0.15) is 11.6 Å². The molecule has 37 heavy (non-hydrogen) atoms. The molecule has 3 aromatic rings. The van der Waals surface area contributed by atoms with E-state index in [4.69, 9.17) is 0 Å². The van der Waals surface area contributed by atoms with Crippen molar-refractivity contribution in [3.63, 3.8) is 0 Å². The summed E-state index contributed by atoms with van der Waals surface area (Å²) in [4.78, 5) is 4.48. The minimum Gasteiger partial charge on any atom is -0.302 e. The van der Waals surface area contributed by atoms with E-state index in [0.717, 1.165) is 29.0 Å². The summed E-state index contributed by atoms with van der Waals surface area (Å²) in [6.07, 6.45) is 4.05. The number of halogens is 5. The van der Waals surface area contributed by atoms with Crippen molar-refractivity contribution in [2.45, 2.75) is 44.9 Å². The average molecular weight is 513 g/mol. The molecule has 0 bridgehead atoms. The second-order valence-electron chi connectivity index (χ2n) is 9.07. The fourth-order valence-electron chi connectivity index (χ4n) is 3.88. The Morgan fingerprint density at radius 2 is 1.57 bits per heavy atom. The molecule has 1 unspecified atom stereocenters. The van der Waals surface area contributed by atoms with E-state index in [1.165, 1.54) is 24.3 Å². The van der Waals surface area contributed by atoms with Crippen LogP contribution in [-0.4, -0.2) is 11.2 Å². The number of pyridine rings is 1. The third-order valence-corrected chi connectivity index (χ3v) is 5.86. The number of alkyl halides is 3. The minimum atomic E-state index is -4.21. The Hall–Kier alpha value is -3.58. The Bertz CT molecular complexity index is 1230. The van der Waals surface area contributed by atoms with Crippen LogP contribution in [0.3, 0.4) is 0 Å². The number of allylic oxidation sites excluding steroid dienone is 6. The Balaban J connectivity index is 0.000000266. The Morgan fingerprint density at radius 3 is 2.19 bits per heavy atom. The molecule has 0 spiro atoms. The van der Waals surface area contributed by atoms with Crippen molar-refractivity contribution in [2.24, 2.45) is 0 Å². The molecule has 0 aliphatic heterocycles. The lowest BCUT2D eigenvalue weighted by Crippen LogP contribution is -2.42. The molecule has 0 saturated carbocycles. The van der Waals surface area contributed by atoms with E-state index in [9.17, 15) is 22.0 Å². The zero-order valence-electron chi connectivity index (χ0n) is 20.7. The van der Waals surface area contributed by atoms with Gasteiger partial charge in [-0.05, 0) is 62.1 Å². The monoisotopic (exact) mass is 512 g/mol. The number of rotatable bonds is 6. The molecule has 2 aromatic carbocycles. The van der Waals surface area contributed by atoms with E-state index in [2.05, 4.69) is 29.4 Å². The third kappa shape index (κ3) is 8.79. The molecule has 1 atom stereocenters. The molecular weight excluding hydrogens is 483 g/mol. The van der Waals surface area contributed by atoms with Gasteiger partial charge in [-0.1, -0.05) is 66.3 Å². The van der Waals surface area contributed by atoms with Crippen LogP contribution in [0, 0.1) is 11.6 Å². The summed E-state index contributed by atoms with van der Waals surface area (Å²) in [5.41, 5.74) is 2.52. The van der Waals surface area contributed by atoms with Gasteiger partial charge in [0.2, 0.25) is 0 Å². The summed E-state index contributed by atoms with van der Waals surface area (Å²) in [5, 5.41) is 3.44. The van der Waals surface area contributed by atoms with Crippen LogP contribution < -0.4 is 5.32 Å². The molecule has 194 valence electrons. The van der Waals surface area contributed by atoms with E-state index in [1.807, 2.05) is 36.4 Å². The van der Waals surface area contributed by atoms with Crippen molar-refractivity contribution >= 4 is 0 Å². The lowest BCUT2D eigenvalue weighted by atomic mass is 9.88. The standard InChI is InChI=1S/C21H20F2N2.C9H9F3/c1-21(20-9-5-6-10-24-20,14-16-7-3-2-4-8-16)25-15-17-11-18(22)13-19(23)12-17;1-7-3-2-4-8(6-5-7)9(10,11)12/h2-13,25H,14-15H2,1H3;2-4,6H,5H2,1H3. The predicted molar refractivity (Wildman–Crippen MR) is 137 cm³/mol. The Morgan fingerprint density at radius 1 is 0.892 bits per heavy atom. The summed E-state index contributed by atoms with van der Waals surface area (Å²) >= 11 is 0. The molecule has 2 nitrogen and oxygen atoms in total. The van der Waals surface area contributed by atoms with Crippen molar-refractivity contribution in [3.8, 4) is 0 Å². The normalized spacial score (nSPS) is 15.0. The lowest BCUT2D eigenvalue weighted by Gasteiger charge is -2.31. The molecule has 0 fully saturated rings. The predicted octanol–water partition coefficient (Wildman–Crippen LogP) is 7.99. The molecule has 0 radical (unpaired) electrons. The number of hydrogen-bond acceptors (Lipinski definition) is 2. The fourth-order valence-corrected chi connectivity index (χ4v) is 3.88. The number of nitrogens with zero attached hydrogens (tertiary/aromatic N) is 1. The fraction of sp³-hybridized carbons (Fsp3) is 0.233. The van der Waals surface area contributed by atoms with Crippen LogP contribution in [0.1, 0.15) is 37.1 Å². The Labute approximate surface area is 214 Å². The number of hydrogen-bond donors (Lipinski definition) is 1. The summed E-state index contributed by atoms with van der Waals surface area (Å²) in [6.45, 7) is 4.20. The molecule has 1 heterocycles. The molecule has 1 aliphatic rings. The maximum absolute atomic E-state index is 13.4. The highest BCUT2D eigenvalue weighted by Crippen LogP contribution is 2.29. The van der Waals surface area contributed by atoms with Crippen LogP contribution in [0.4, 0.5) is 22.0 Å². The molecule has 0 amide bonds. The molecule has 7 heteroatoms. The maximum atomic E-state index is 13.4. The van der Waals surface area contributed by atoms with Crippen LogP contribution in [0.2, 0.25) is 0 Å². The van der Waals surface area contributed by atoms with E-state index in [1.54, 1.807) is 19.2 Å². The van der Waals surface area contributed by atoms with Crippen LogP contribution in [0.5, 0.6) is 0 Å². The van der Waals surface area contributed by atoms with Gasteiger partial charge < -0.3 is 5.32 Å². The highest BCUT2D eigenvalue weighted by molar-refractivity contribution is 5.32. The van der Waals surface area contributed by atoms with Gasteiger partial charge in [0.15, 0.2) is 0 Å². The van der Waals surface area contributed by atoms with E-state index in [0.29, 0.717) is 24.9 Å². The smallest absolute Gasteiger partial charge is 0.302 e. The zero-order chi connectivity index (χ0) is 26.9. The first-order valence-electron chi connectivity index (χ1n) is 11.8. The highest BCUT2D eigenvalue weighted by Gasteiger charge is 2.31. The zero-order valence-corrected chi connectivity index (χ0v) is 20.7. The minimum absolute atomic E-state index is 0.342. The Kier molecular flexibility index (Phi) is 9.53. The van der Waals surface area contributed by atoms with Crippen LogP contribution >= 0.6 is 0 Å². The van der Waals surface area contributed by atoms with Gasteiger partial charge in [0.05, 0.1) is 16.8 Å². The van der Waals surface area contributed by atoms with Gasteiger partial charge in [-0.25, -0.2) is 8.78 Å². The van der Waals surface area contributed by atoms with Gasteiger partial charge in [-0.15, -0.1) is 0 Å². The van der Waals surface area contributed by atoms with Crippen molar-refractivity contribution in [1.82, 2.24) is 10.3 Å². The topological polar surface area (TPSA) is 24.9 Å². The van der Waals surface area contributed by atoms with Crippen LogP contribution in [0.15, 0.2) is 108 Å².